The molecular weight excluding hydrogens is 258 g/mol. The van der Waals surface area contributed by atoms with Crippen molar-refractivity contribution in [1.82, 2.24) is 15.3 Å². The topological polar surface area (TPSA) is 54.9 Å². The van der Waals surface area contributed by atoms with Gasteiger partial charge in [0.2, 0.25) is 0 Å². The second kappa shape index (κ2) is 5.25. The maximum Gasteiger partial charge on any atom is 0.261 e. The zero-order chi connectivity index (χ0) is 14.2. The van der Waals surface area contributed by atoms with Crippen molar-refractivity contribution in [1.29, 1.82) is 0 Å². The number of hydrogen-bond donors (Lipinski definition) is 1. The summed E-state index contributed by atoms with van der Waals surface area (Å²) in [6.07, 6.45) is 0.924. The summed E-state index contributed by atoms with van der Waals surface area (Å²) >= 11 is 1.45. The van der Waals surface area contributed by atoms with Gasteiger partial charge in [-0.1, -0.05) is 6.92 Å². The van der Waals surface area contributed by atoms with Crippen LogP contribution in [0.3, 0.4) is 0 Å². The summed E-state index contributed by atoms with van der Waals surface area (Å²) in [5.41, 5.74) is 1.93. The zero-order valence-electron chi connectivity index (χ0n) is 12.0. The Balaban J connectivity index is 2.48. The van der Waals surface area contributed by atoms with Crippen molar-refractivity contribution in [2.45, 2.75) is 47.1 Å². The van der Waals surface area contributed by atoms with Gasteiger partial charge in [-0.2, -0.15) is 0 Å². The first-order chi connectivity index (χ1) is 8.93. The molecule has 1 amide bonds. The number of rotatable bonds is 3. The van der Waals surface area contributed by atoms with Crippen molar-refractivity contribution >= 4 is 27.5 Å². The second-order valence-electron chi connectivity index (χ2n) is 4.88. The molecule has 0 aliphatic heterocycles. The lowest BCUT2D eigenvalue weighted by Gasteiger charge is -2.10. The molecule has 102 valence electrons. The van der Waals surface area contributed by atoms with Crippen LogP contribution < -0.4 is 5.32 Å². The third kappa shape index (κ3) is 2.61. The van der Waals surface area contributed by atoms with Crippen LogP contribution in [0.5, 0.6) is 0 Å². The molecule has 19 heavy (non-hydrogen) atoms. The number of hydrogen-bond acceptors (Lipinski definition) is 4. The predicted molar refractivity (Wildman–Crippen MR) is 78.8 cm³/mol. The van der Waals surface area contributed by atoms with E-state index in [9.17, 15) is 4.79 Å². The van der Waals surface area contributed by atoms with Gasteiger partial charge in [-0.05, 0) is 39.7 Å². The lowest BCUT2D eigenvalue weighted by Crippen LogP contribution is -2.31. The largest absolute Gasteiger partial charge is 0.349 e. The van der Waals surface area contributed by atoms with Crippen LogP contribution in [0, 0.1) is 20.8 Å². The van der Waals surface area contributed by atoms with Crippen LogP contribution in [0.2, 0.25) is 0 Å². The Hall–Kier alpha value is -1.49. The molecule has 0 fully saturated rings. The lowest BCUT2D eigenvalue weighted by atomic mass is 10.1. The van der Waals surface area contributed by atoms with Gasteiger partial charge < -0.3 is 5.32 Å². The van der Waals surface area contributed by atoms with E-state index < -0.39 is 0 Å². The van der Waals surface area contributed by atoms with Crippen molar-refractivity contribution in [3.05, 3.63) is 22.0 Å². The first-order valence-corrected chi connectivity index (χ1v) is 7.30. The Kier molecular flexibility index (Phi) is 3.85. The number of fused-ring (bicyclic) bond motifs is 1. The van der Waals surface area contributed by atoms with Crippen LogP contribution >= 0.6 is 11.3 Å². The summed E-state index contributed by atoms with van der Waals surface area (Å²) in [5, 5.41) is 4.02. The summed E-state index contributed by atoms with van der Waals surface area (Å²) < 4.78 is 0. The highest BCUT2D eigenvalue weighted by Crippen LogP contribution is 2.31. The SMILES string of the molecule is CCC(C)NC(=O)c1sc2nc(C)nc(C)c2c1C. The van der Waals surface area contributed by atoms with Gasteiger partial charge >= 0.3 is 0 Å². The second-order valence-corrected chi connectivity index (χ2v) is 5.87. The van der Waals surface area contributed by atoms with Crippen LogP contribution in [0.15, 0.2) is 0 Å². The van der Waals surface area contributed by atoms with Crippen LogP contribution in [0.1, 0.15) is 47.0 Å². The number of thiophene rings is 1. The Morgan fingerprint density at radius 1 is 1.32 bits per heavy atom. The van der Waals surface area contributed by atoms with Gasteiger partial charge in [0.15, 0.2) is 0 Å². The minimum absolute atomic E-state index is 0.00750. The van der Waals surface area contributed by atoms with Gasteiger partial charge in [-0.25, -0.2) is 9.97 Å². The molecule has 0 aliphatic carbocycles. The molecule has 4 nitrogen and oxygen atoms in total. The fourth-order valence-electron chi connectivity index (χ4n) is 2.08. The van der Waals surface area contributed by atoms with Crippen molar-refractivity contribution in [3.63, 3.8) is 0 Å². The van der Waals surface area contributed by atoms with E-state index in [0.29, 0.717) is 0 Å². The molecule has 0 saturated carbocycles. The third-order valence-electron chi connectivity index (χ3n) is 3.28. The van der Waals surface area contributed by atoms with E-state index in [0.717, 1.165) is 38.6 Å². The Labute approximate surface area is 117 Å². The van der Waals surface area contributed by atoms with E-state index in [4.69, 9.17) is 0 Å². The molecule has 0 radical (unpaired) electrons. The normalized spacial score (nSPS) is 12.7. The summed E-state index contributed by atoms with van der Waals surface area (Å²) in [4.78, 5) is 22.7. The fraction of sp³-hybridized carbons (Fsp3) is 0.500. The molecule has 2 heterocycles. The molecule has 0 spiro atoms. The van der Waals surface area contributed by atoms with Crippen molar-refractivity contribution in [2.24, 2.45) is 0 Å². The van der Waals surface area contributed by atoms with E-state index in [1.165, 1.54) is 11.3 Å². The molecule has 0 aromatic carbocycles. The van der Waals surface area contributed by atoms with Crippen molar-refractivity contribution < 1.29 is 4.79 Å². The first-order valence-electron chi connectivity index (χ1n) is 6.49. The summed E-state index contributed by atoms with van der Waals surface area (Å²) in [7, 11) is 0. The van der Waals surface area contributed by atoms with E-state index >= 15 is 0 Å². The molecule has 5 heteroatoms. The highest BCUT2D eigenvalue weighted by Gasteiger charge is 2.19. The number of nitrogens with one attached hydrogen (secondary N) is 1. The minimum atomic E-state index is -0.00750. The average molecular weight is 277 g/mol. The summed E-state index contributed by atoms with van der Waals surface area (Å²) in [6.45, 7) is 9.88. The van der Waals surface area contributed by atoms with Crippen LogP contribution in [-0.2, 0) is 0 Å². The Morgan fingerprint density at radius 2 is 2.00 bits per heavy atom. The monoisotopic (exact) mass is 277 g/mol. The predicted octanol–water partition coefficient (Wildman–Crippen LogP) is 3.14. The number of carbonyl (C=O) groups excluding carboxylic acids is 1. The number of aromatic nitrogens is 2. The fourth-order valence-corrected chi connectivity index (χ4v) is 3.26. The maximum atomic E-state index is 12.3. The first kappa shape index (κ1) is 13.9. The van der Waals surface area contributed by atoms with Gasteiger partial charge in [-0.15, -0.1) is 11.3 Å². The summed E-state index contributed by atoms with van der Waals surface area (Å²) in [5.74, 6) is 0.743. The number of nitrogens with zero attached hydrogens (tertiary/aromatic N) is 2. The highest BCUT2D eigenvalue weighted by atomic mass is 32.1. The molecule has 1 unspecified atom stereocenters. The Bertz CT molecular complexity index is 633. The van der Waals surface area contributed by atoms with E-state index in [1.54, 1.807) is 0 Å². The summed E-state index contributed by atoms with van der Waals surface area (Å²) in [6, 6.07) is 0.186. The molecule has 0 saturated heterocycles. The molecule has 0 bridgehead atoms. The van der Waals surface area contributed by atoms with E-state index in [-0.39, 0.29) is 11.9 Å². The van der Waals surface area contributed by atoms with Crippen LogP contribution in [0.25, 0.3) is 10.2 Å². The molecule has 2 aromatic heterocycles. The molecule has 2 aromatic rings. The van der Waals surface area contributed by atoms with Gasteiger partial charge in [0.1, 0.15) is 10.7 Å². The Morgan fingerprint density at radius 3 is 2.63 bits per heavy atom. The maximum absolute atomic E-state index is 12.3. The molecule has 1 atom stereocenters. The zero-order valence-corrected chi connectivity index (χ0v) is 12.8. The van der Waals surface area contributed by atoms with Gasteiger partial charge in [0.05, 0.1) is 4.88 Å². The minimum Gasteiger partial charge on any atom is -0.349 e. The molecule has 2 rings (SSSR count). The van der Waals surface area contributed by atoms with Crippen molar-refractivity contribution in [3.8, 4) is 0 Å². The van der Waals surface area contributed by atoms with Gasteiger partial charge in [-0.3, -0.25) is 4.79 Å². The third-order valence-corrected chi connectivity index (χ3v) is 4.46. The van der Waals surface area contributed by atoms with Crippen molar-refractivity contribution in [2.75, 3.05) is 0 Å². The van der Waals surface area contributed by atoms with Crippen LogP contribution in [0.4, 0.5) is 0 Å². The van der Waals surface area contributed by atoms with E-state index in [1.807, 2.05) is 27.7 Å². The van der Waals surface area contributed by atoms with Gasteiger partial charge in [0.25, 0.3) is 5.91 Å². The average Bonchev–Trinajstić information content (AvgIpc) is 2.66. The number of amides is 1. The smallest absolute Gasteiger partial charge is 0.261 e. The number of carbonyl (C=O) groups is 1. The van der Waals surface area contributed by atoms with Crippen LogP contribution in [-0.4, -0.2) is 21.9 Å². The molecular formula is C14H19N3OS. The van der Waals surface area contributed by atoms with Gasteiger partial charge in [0, 0.05) is 17.1 Å². The molecule has 0 aliphatic rings. The number of aryl methyl sites for hydroxylation is 3. The van der Waals surface area contributed by atoms with E-state index in [2.05, 4.69) is 22.2 Å². The standard InChI is InChI=1S/C14H19N3OS/c1-6-7(2)15-13(18)12-8(3)11-9(4)16-10(5)17-14(11)19-12/h7H,6H2,1-5H3,(H,15,18). The quantitative estimate of drug-likeness (QED) is 0.937. The lowest BCUT2D eigenvalue weighted by molar-refractivity contribution is 0.0943. The molecule has 1 N–H and O–H groups in total. The highest BCUT2D eigenvalue weighted by molar-refractivity contribution is 7.20.